The summed E-state index contributed by atoms with van der Waals surface area (Å²) < 4.78 is 33.8. The summed E-state index contributed by atoms with van der Waals surface area (Å²) in [6.45, 7) is 2.02. The molecule has 160 valence electrons. The van der Waals surface area contributed by atoms with E-state index < -0.39 is 10.0 Å². The summed E-state index contributed by atoms with van der Waals surface area (Å²) in [5.74, 6) is 0. The third-order valence-corrected chi connectivity index (χ3v) is 8.92. The van der Waals surface area contributed by atoms with Crippen LogP contribution in [-0.4, -0.2) is 61.5 Å². The van der Waals surface area contributed by atoms with Crippen molar-refractivity contribution in [3.8, 4) is 0 Å². The summed E-state index contributed by atoms with van der Waals surface area (Å²) in [5, 5.41) is 0. The molecule has 1 aliphatic carbocycles. The first-order valence-corrected chi connectivity index (χ1v) is 12.3. The van der Waals surface area contributed by atoms with Crippen LogP contribution in [-0.2, 0) is 27.6 Å². The van der Waals surface area contributed by atoms with Crippen LogP contribution in [0.5, 0.6) is 0 Å². The van der Waals surface area contributed by atoms with Gasteiger partial charge in [-0.2, -0.15) is 4.31 Å². The van der Waals surface area contributed by atoms with Crippen LogP contribution in [0.4, 0.5) is 0 Å². The van der Waals surface area contributed by atoms with Gasteiger partial charge >= 0.3 is 0 Å². The molecule has 7 heteroatoms. The minimum Gasteiger partial charge on any atom is -0.378 e. The number of pyridine rings is 1. The van der Waals surface area contributed by atoms with Crippen LogP contribution >= 0.6 is 0 Å². The van der Waals surface area contributed by atoms with Crippen LogP contribution < -0.4 is 0 Å². The quantitative estimate of drug-likeness (QED) is 0.734. The van der Waals surface area contributed by atoms with Crippen molar-refractivity contribution in [1.29, 1.82) is 0 Å². The minimum atomic E-state index is -3.42. The highest BCUT2D eigenvalue weighted by molar-refractivity contribution is 7.89. The molecule has 2 saturated heterocycles. The second-order valence-corrected chi connectivity index (χ2v) is 10.6. The van der Waals surface area contributed by atoms with Crippen molar-refractivity contribution in [2.75, 3.05) is 26.7 Å². The number of aryl methyl sites for hydroxylation is 2. The highest BCUT2D eigenvalue weighted by Crippen LogP contribution is 2.39. The lowest BCUT2D eigenvalue weighted by molar-refractivity contribution is -0.114. The number of sulfonamides is 1. The van der Waals surface area contributed by atoms with Gasteiger partial charge in [0.05, 0.1) is 17.0 Å². The van der Waals surface area contributed by atoms with E-state index in [-0.39, 0.29) is 12.1 Å². The van der Waals surface area contributed by atoms with Crippen molar-refractivity contribution >= 4 is 10.0 Å². The minimum absolute atomic E-state index is 0.169. The Balaban J connectivity index is 1.27. The van der Waals surface area contributed by atoms with Gasteiger partial charge in [0.25, 0.3) is 0 Å². The lowest BCUT2D eigenvalue weighted by atomic mass is 9.88. The molecular formula is C23H29N3O3S. The maximum atomic E-state index is 13.2. The first-order chi connectivity index (χ1) is 14.6. The molecule has 5 rings (SSSR count). The molecule has 1 aromatic carbocycles. The van der Waals surface area contributed by atoms with Crippen molar-refractivity contribution in [2.45, 2.75) is 55.2 Å². The number of aromatic nitrogens is 1. The molecule has 0 N–H and O–H groups in total. The van der Waals surface area contributed by atoms with Gasteiger partial charge in [0.15, 0.2) is 0 Å². The summed E-state index contributed by atoms with van der Waals surface area (Å²) in [6, 6.07) is 10.3. The number of fused-ring (bicyclic) bond motifs is 1. The van der Waals surface area contributed by atoms with Gasteiger partial charge in [-0.25, -0.2) is 8.42 Å². The number of piperidine rings is 1. The van der Waals surface area contributed by atoms with E-state index in [1.165, 1.54) is 16.7 Å². The summed E-state index contributed by atoms with van der Waals surface area (Å²) >= 11 is 0. The molecule has 0 radical (unpaired) electrons. The van der Waals surface area contributed by atoms with E-state index in [0.717, 1.165) is 38.6 Å². The number of hydrogen-bond donors (Lipinski definition) is 0. The first kappa shape index (κ1) is 20.1. The van der Waals surface area contributed by atoms with Gasteiger partial charge in [-0.05, 0) is 67.0 Å². The number of rotatable bonds is 5. The zero-order valence-corrected chi connectivity index (χ0v) is 18.2. The van der Waals surface area contributed by atoms with Crippen molar-refractivity contribution < 1.29 is 13.2 Å². The molecule has 2 fully saturated rings. The topological polar surface area (TPSA) is 62.7 Å². The fourth-order valence-corrected chi connectivity index (χ4v) is 6.83. The maximum absolute atomic E-state index is 13.2. The second kappa shape index (κ2) is 8.04. The van der Waals surface area contributed by atoms with E-state index in [1.807, 2.05) is 24.4 Å². The normalized spacial score (nSPS) is 25.8. The summed E-state index contributed by atoms with van der Waals surface area (Å²) in [5.41, 5.74) is 3.68. The highest BCUT2D eigenvalue weighted by Gasteiger charge is 2.45. The number of benzene rings is 1. The summed E-state index contributed by atoms with van der Waals surface area (Å²) in [7, 11) is -1.66. The van der Waals surface area contributed by atoms with E-state index in [9.17, 15) is 8.42 Å². The highest BCUT2D eigenvalue weighted by atomic mass is 32.2. The number of likely N-dealkylation sites (tertiary alicyclic amines) is 1. The Hall–Kier alpha value is -1.80. The molecule has 30 heavy (non-hydrogen) atoms. The van der Waals surface area contributed by atoms with Gasteiger partial charge < -0.3 is 4.74 Å². The Labute approximate surface area is 178 Å². The summed E-state index contributed by atoms with van der Waals surface area (Å²) in [6.07, 6.45) is 8.74. The lowest BCUT2D eigenvalue weighted by Gasteiger charge is -2.52. The molecule has 1 aromatic heterocycles. The Morgan fingerprint density at radius 1 is 1.10 bits per heavy atom. The predicted octanol–water partition coefficient (Wildman–Crippen LogP) is 2.80. The molecule has 6 nitrogen and oxygen atoms in total. The van der Waals surface area contributed by atoms with Gasteiger partial charge in [-0.15, -0.1) is 0 Å². The molecule has 0 saturated carbocycles. The molecule has 0 unspecified atom stereocenters. The zero-order chi connectivity index (χ0) is 20.7. The van der Waals surface area contributed by atoms with Crippen LogP contribution in [0.1, 0.15) is 42.0 Å². The van der Waals surface area contributed by atoms with Crippen molar-refractivity contribution in [2.24, 2.45) is 0 Å². The Morgan fingerprint density at radius 2 is 1.90 bits per heavy atom. The van der Waals surface area contributed by atoms with Gasteiger partial charge in [-0.1, -0.05) is 12.1 Å². The molecular weight excluding hydrogens is 398 g/mol. The smallest absolute Gasteiger partial charge is 0.243 e. The standard InChI is InChI=1S/C23H29N3O3S/c1-29-22-16-26(23(22)19-6-3-11-24-15-19)20-9-12-25(13-10-20)30(27,28)21-8-7-17-4-2-5-18(17)14-21/h3,6-8,11,14-15,20,22-23H,2,4-5,9-10,12-13,16H2,1H3/t22-,23-/m0/s1. The largest absolute Gasteiger partial charge is 0.378 e. The van der Waals surface area contributed by atoms with Gasteiger partial charge in [0, 0.05) is 45.2 Å². The van der Waals surface area contributed by atoms with Crippen LogP contribution in [0.15, 0.2) is 47.6 Å². The number of ether oxygens (including phenoxy) is 1. The van der Waals surface area contributed by atoms with Crippen LogP contribution in [0.2, 0.25) is 0 Å². The van der Waals surface area contributed by atoms with Gasteiger partial charge in [-0.3, -0.25) is 9.88 Å². The molecule has 2 aliphatic heterocycles. The fraction of sp³-hybridized carbons (Fsp3) is 0.522. The Bertz CT molecular complexity index is 1000. The number of hydrogen-bond acceptors (Lipinski definition) is 5. The molecule has 0 amide bonds. The van der Waals surface area contributed by atoms with E-state index in [1.54, 1.807) is 23.7 Å². The first-order valence-electron chi connectivity index (χ1n) is 10.9. The molecule has 3 aliphatic rings. The molecule has 0 bridgehead atoms. The Morgan fingerprint density at radius 3 is 2.63 bits per heavy atom. The molecule has 2 aromatic rings. The predicted molar refractivity (Wildman–Crippen MR) is 115 cm³/mol. The third kappa shape index (κ3) is 3.47. The lowest BCUT2D eigenvalue weighted by Crippen LogP contribution is -2.60. The van der Waals surface area contributed by atoms with Gasteiger partial charge in [0.1, 0.15) is 0 Å². The van der Waals surface area contributed by atoms with E-state index in [4.69, 9.17) is 4.74 Å². The SMILES string of the molecule is CO[C@H]1CN(C2CCN(S(=O)(=O)c3ccc4c(c3)CCC4)CC2)[C@H]1c1cccnc1. The van der Waals surface area contributed by atoms with Crippen LogP contribution in [0.3, 0.4) is 0 Å². The summed E-state index contributed by atoms with van der Waals surface area (Å²) in [4.78, 5) is 7.19. The van der Waals surface area contributed by atoms with E-state index in [0.29, 0.717) is 24.0 Å². The molecule has 0 spiro atoms. The second-order valence-electron chi connectivity index (χ2n) is 8.62. The van der Waals surface area contributed by atoms with Crippen LogP contribution in [0, 0.1) is 0 Å². The van der Waals surface area contributed by atoms with Crippen LogP contribution in [0.25, 0.3) is 0 Å². The number of methoxy groups -OCH3 is 1. The van der Waals surface area contributed by atoms with Crippen molar-refractivity contribution in [3.05, 3.63) is 59.4 Å². The number of nitrogens with zero attached hydrogens (tertiary/aromatic N) is 3. The molecule has 2 atom stereocenters. The van der Waals surface area contributed by atoms with Crippen molar-refractivity contribution in [1.82, 2.24) is 14.2 Å². The fourth-order valence-electron chi connectivity index (χ4n) is 5.31. The monoisotopic (exact) mass is 427 g/mol. The van der Waals surface area contributed by atoms with E-state index >= 15 is 0 Å². The van der Waals surface area contributed by atoms with Crippen molar-refractivity contribution in [3.63, 3.8) is 0 Å². The average Bonchev–Trinajstić information content (AvgIpc) is 3.22. The molecule has 3 heterocycles. The van der Waals surface area contributed by atoms with E-state index in [2.05, 4.69) is 16.0 Å². The van der Waals surface area contributed by atoms with Gasteiger partial charge in [0.2, 0.25) is 10.0 Å². The average molecular weight is 428 g/mol. The zero-order valence-electron chi connectivity index (χ0n) is 17.4. The Kier molecular flexibility index (Phi) is 5.39. The third-order valence-electron chi connectivity index (χ3n) is 7.03. The maximum Gasteiger partial charge on any atom is 0.243 e.